The molecule has 5 aromatic carbocycles. The Bertz CT molecular complexity index is 1840. The van der Waals surface area contributed by atoms with Crippen LogP contribution in [0.4, 0.5) is 17.1 Å². The zero-order chi connectivity index (χ0) is 23.9. The molecule has 0 radical (unpaired) electrons. The van der Waals surface area contributed by atoms with E-state index in [0.717, 1.165) is 16.2 Å². The maximum absolute atomic E-state index is 4.65. The van der Waals surface area contributed by atoms with Gasteiger partial charge in [-0.05, 0) is 64.4 Å². The van der Waals surface area contributed by atoms with Crippen molar-refractivity contribution in [3.63, 3.8) is 0 Å². The third-order valence-electron chi connectivity index (χ3n) is 6.72. The highest BCUT2D eigenvalue weighted by Gasteiger charge is 2.18. The molecular formula is C33H22N2S. The van der Waals surface area contributed by atoms with Crippen LogP contribution in [-0.2, 0) is 0 Å². The van der Waals surface area contributed by atoms with E-state index in [2.05, 4.69) is 131 Å². The van der Waals surface area contributed by atoms with E-state index < -0.39 is 0 Å². The molecule has 7 rings (SSSR count). The number of aromatic nitrogens is 1. The number of benzene rings is 5. The van der Waals surface area contributed by atoms with Gasteiger partial charge in [0.1, 0.15) is 4.83 Å². The minimum absolute atomic E-state index is 1.07. The van der Waals surface area contributed by atoms with Crippen LogP contribution in [0.15, 0.2) is 134 Å². The number of thiophene rings is 1. The smallest absolute Gasteiger partial charge is 0.124 e. The molecule has 0 N–H and O–H groups in total. The Morgan fingerprint density at radius 2 is 1.25 bits per heavy atom. The van der Waals surface area contributed by atoms with Crippen molar-refractivity contribution in [2.24, 2.45) is 0 Å². The van der Waals surface area contributed by atoms with Crippen molar-refractivity contribution in [2.45, 2.75) is 0 Å². The molecule has 170 valence electrons. The minimum Gasteiger partial charge on any atom is -0.309 e. The summed E-state index contributed by atoms with van der Waals surface area (Å²) < 4.78 is 1.24. The molecule has 3 heteroatoms. The predicted molar refractivity (Wildman–Crippen MR) is 155 cm³/mol. The zero-order valence-corrected chi connectivity index (χ0v) is 20.3. The molecule has 0 unspecified atom stereocenters. The van der Waals surface area contributed by atoms with Crippen molar-refractivity contribution < 1.29 is 0 Å². The molecule has 0 spiro atoms. The van der Waals surface area contributed by atoms with Crippen molar-refractivity contribution >= 4 is 59.5 Å². The molecule has 2 heterocycles. The lowest BCUT2D eigenvalue weighted by molar-refractivity contribution is 1.31. The van der Waals surface area contributed by atoms with Gasteiger partial charge in [0.2, 0.25) is 0 Å². The molecule has 0 aliphatic rings. The van der Waals surface area contributed by atoms with Crippen LogP contribution in [0.1, 0.15) is 0 Å². The van der Waals surface area contributed by atoms with Gasteiger partial charge in [-0.3, -0.25) is 0 Å². The molecule has 2 aromatic heterocycles. The van der Waals surface area contributed by atoms with E-state index in [4.69, 9.17) is 0 Å². The zero-order valence-electron chi connectivity index (χ0n) is 19.5. The van der Waals surface area contributed by atoms with E-state index in [1.807, 2.05) is 12.3 Å². The normalized spacial score (nSPS) is 11.3. The van der Waals surface area contributed by atoms with Gasteiger partial charge in [-0.15, -0.1) is 11.3 Å². The molecule has 7 aromatic rings. The molecular weight excluding hydrogens is 456 g/mol. The summed E-state index contributed by atoms with van der Waals surface area (Å²) in [5.74, 6) is 0. The molecule has 0 saturated heterocycles. The van der Waals surface area contributed by atoms with Gasteiger partial charge in [0.25, 0.3) is 0 Å². The first-order valence-electron chi connectivity index (χ1n) is 12.1. The first-order chi connectivity index (χ1) is 17.8. The van der Waals surface area contributed by atoms with Crippen molar-refractivity contribution in [1.29, 1.82) is 0 Å². The van der Waals surface area contributed by atoms with Gasteiger partial charge in [0, 0.05) is 28.3 Å². The summed E-state index contributed by atoms with van der Waals surface area (Å²) in [7, 11) is 0. The number of anilines is 3. The number of rotatable bonds is 4. The number of pyridine rings is 1. The van der Waals surface area contributed by atoms with E-state index in [1.54, 1.807) is 11.3 Å². The Balaban J connectivity index is 1.45. The molecule has 0 aliphatic heterocycles. The van der Waals surface area contributed by atoms with Gasteiger partial charge in [-0.1, -0.05) is 84.9 Å². The highest BCUT2D eigenvalue weighted by molar-refractivity contribution is 7.26. The second-order valence-electron chi connectivity index (χ2n) is 8.89. The highest BCUT2D eigenvalue weighted by atomic mass is 32.1. The molecule has 36 heavy (non-hydrogen) atoms. The predicted octanol–water partition coefficient (Wildman–Crippen LogP) is 9.74. The Kier molecular flexibility index (Phi) is 5.00. The first-order valence-corrected chi connectivity index (χ1v) is 12.9. The summed E-state index contributed by atoms with van der Waals surface area (Å²) >= 11 is 1.76. The molecule has 0 bridgehead atoms. The fourth-order valence-electron chi connectivity index (χ4n) is 4.97. The second-order valence-corrected chi connectivity index (χ2v) is 9.89. The van der Waals surface area contributed by atoms with Gasteiger partial charge < -0.3 is 4.90 Å². The van der Waals surface area contributed by atoms with E-state index in [0.29, 0.717) is 0 Å². The van der Waals surface area contributed by atoms with Crippen molar-refractivity contribution in [1.82, 2.24) is 4.98 Å². The van der Waals surface area contributed by atoms with Gasteiger partial charge in [-0.2, -0.15) is 0 Å². The van der Waals surface area contributed by atoms with E-state index in [1.165, 1.54) is 43.1 Å². The van der Waals surface area contributed by atoms with Crippen LogP contribution in [0.3, 0.4) is 0 Å². The van der Waals surface area contributed by atoms with Crippen LogP contribution in [-0.4, -0.2) is 4.98 Å². The van der Waals surface area contributed by atoms with Gasteiger partial charge in [-0.25, -0.2) is 4.98 Å². The summed E-state index contributed by atoms with van der Waals surface area (Å²) in [6, 6.07) is 45.4. The largest absolute Gasteiger partial charge is 0.309 e. The summed E-state index contributed by atoms with van der Waals surface area (Å²) in [4.78, 5) is 8.09. The summed E-state index contributed by atoms with van der Waals surface area (Å²) in [5, 5.41) is 4.92. The van der Waals surface area contributed by atoms with Crippen LogP contribution in [0, 0.1) is 0 Å². The molecule has 0 saturated carbocycles. The van der Waals surface area contributed by atoms with Crippen molar-refractivity contribution in [3.05, 3.63) is 134 Å². The molecule has 0 fully saturated rings. The molecule has 0 atom stereocenters. The maximum Gasteiger partial charge on any atom is 0.124 e. The van der Waals surface area contributed by atoms with Crippen molar-refractivity contribution in [3.8, 4) is 11.1 Å². The lowest BCUT2D eigenvalue weighted by atomic mass is 10.0. The van der Waals surface area contributed by atoms with Crippen LogP contribution in [0.5, 0.6) is 0 Å². The summed E-state index contributed by atoms with van der Waals surface area (Å²) in [6.45, 7) is 0. The minimum atomic E-state index is 1.07. The standard InChI is InChI=1S/C33H22N2S/c1-2-8-23(9-3-1)25-15-18-27(19-16-25)35(28-20-17-24-10-4-5-11-26(24)22-28)31-14-6-12-29-30-13-7-21-34-33(30)36-32(29)31/h1-22H. The number of nitrogens with zero attached hydrogens (tertiary/aromatic N) is 2. The number of hydrogen-bond donors (Lipinski definition) is 0. The molecule has 2 nitrogen and oxygen atoms in total. The van der Waals surface area contributed by atoms with Crippen molar-refractivity contribution in [2.75, 3.05) is 4.90 Å². The lowest BCUT2D eigenvalue weighted by Crippen LogP contribution is -2.10. The van der Waals surface area contributed by atoms with Crippen LogP contribution in [0.25, 0.3) is 42.2 Å². The summed E-state index contributed by atoms with van der Waals surface area (Å²) in [5.41, 5.74) is 5.86. The topological polar surface area (TPSA) is 16.1 Å². The lowest BCUT2D eigenvalue weighted by Gasteiger charge is -2.26. The average Bonchev–Trinajstić information content (AvgIpc) is 3.34. The average molecular weight is 479 g/mol. The maximum atomic E-state index is 4.65. The third-order valence-corrected chi connectivity index (χ3v) is 7.87. The van der Waals surface area contributed by atoms with Gasteiger partial charge in [0.15, 0.2) is 0 Å². The van der Waals surface area contributed by atoms with E-state index >= 15 is 0 Å². The van der Waals surface area contributed by atoms with E-state index in [-0.39, 0.29) is 0 Å². The Labute approximate surface area is 213 Å². The summed E-state index contributed by atoms with van der Waals surface area (Å²) in [6.07, 6.45) is 1.88. The van der Waals surface area contributed by atoms with Gasteiger partial charge >= 0.3 is 0 Å². The molecule has 0 amide bonds. The number of fused-ring (bicyclic) bond motifs is 4. The fourth-order valence-corrected chi connectivity index (χ4v) is 6.12. The van der Waals surface area contributed by atoms with Crippen LogP contribution in [0.2, 0.25) is 0 Å². The Hall–Kier alpha value is -4.47. The fraction of sp³-hybridized carbons (Fsp3) is 0. The van der Waals surface area contributed by atoms with Gasteiger partial charge in [0.05, 0.1) is 10.4 Å². The first kappa shape index (κ1) is 20.9. The van der Waals surface area contributed by atoms with Crippen LogP contribution >= 0.6 is 11.3 Å². The SMILES string of the molecule is c1ccc(-c2ccc(N(c3ccc4ccccc4c3)c3cccc4c3sc3ncccc34)cc2)cc1. The third kappa shape index (κ3) is 3.53. The highest BCUT2D eigenvalue weighted by Crippen LogP contribution is 2.44. The quantitative estimate of drug-likeness (QED) is 0.250. The Morgan fingerprint density at radius 1 is 0.528 bits per heavy atom. The Morgan fingerprint density at radius 3 is 2.11 bits per heavy atom. The van der Waals surface area contributed by atoms with E-state index in [9.17, 15) is 0 Å². The second kappa shape index (κ2) is 8.63. The molecule has 0 aliphatic carbocycles. The monoisotopic (exact) mass is 478 g/mol. The number of hydrogen-bond acceptors (Lipinski definition) is 3. The van der Waals surface area contributed by atoms with Crippen LogP contribution < -0.4 is 4.90 Å².